The molecule has 2 aromatic carbocycles. The molecule has 0 amide bonds. The highest BCUT2D eigenvalue weighted by Crippen LogP contribution is 2.36. The lowest BCUT2D eigenvalue weighted by atomic mass is 10.0. The van der Waals surface area contributed by atoms with Crippen LogP contribution >= 0.6 is 0 Å². The number of aliphatic hydroxyl groups is 1. The molecule has 0 aliphatic rings. The van der Waals surface area contributed by atoms with Crippen molar-refractivity contribution in [2.45, 2.75) is 6.42 Å². The highest BCUT2D eigenvalue weighted by Gasteiger charge is 2.18. The van der Waals surface area contributed by atoms with E-state index in [1.807, 2.05) is 36.4 Å². The molecule has 3 heterocycles. The van der Waals surface area contributed by atoms with E-state index in [0.29, 0.717) is 23.6 Å². The van der Waals surface area contributed by atoms with Gasteiger partial charge in [-0.15, -0.1) is 0 Å². The third kappa shape index (κ3) is 3.55. The van der Waals surface area contributed by atoms with Crippen molar-refractivity contribution in [3.63, 3.8) is 0 Å². The molecule has 6 nitrogen and oxygen atoms in total. The van der Waals surface area contributed by atoms with Gasteiger partial charge in [0.15, 0.2) is 0 Å². The zero-order valence-electron chi connectivity index (χ0n) is 16.6. The fourth-order valence-electron chi connectivity index (χ4n) is 3.76. The third-order valence-electron chi connectivity index (χ3n) is 5.22. The van der Waals surface area contributed by atoms with Gasteiger partial charge in [0.25, 0.3) is 0 Å². The van der Waals surface area contributed by atoms with Gasteiger partial charge in [-0.25, -0.2) is 14.4 Å². The second kappa shape index (κ2) is 7.70. The number of hydrogen-bond acceptors (Lipinski definition) is 4. The topological polar surface area (TPSA) is 104 Å². The molecule has 0 unspecified atom stereocenters. The number of fused-ring (bicyclic) bond motifs is 1. The van der Waals surface area contributed by atoms with Gasteiger partial charge in [0.2, 0.25) is 0 Å². The second-order valence-corrected chi connectivity index (χ2v) is 7.32. The molecular formula is C24H20FN5O. The van der Waals surface area contributed by atoms with Crippen LogP contribution in [0.1, 0.15) is 5.82 Å². The summed E-state index contributed by atoms with van der Waals surface area (Å²) >= 11 is 0. The van der Waals surface area contributed by atoms with Crippen LogP contribution in [-0.2, 0) is 6.42 Å². The van der Waals surface area contributed by atoms with Crippen LogP contribution in [0, 0.1) is 5.82 Å². The fourth-order valence-corrected chi connectivity index (χ4v) is 3.76. The maximum Gasteiger partial charge on any atom is 0.138 e. The Hall–Kier alpha value is -3.97. The molecule has 0 saturated carbocycles. The van der Waals surface area contributed by atoms with Crippen LogP contribution in [0.4, 0.5) is 10.1 Å². The van der Waals surface area contributed by atoms with Gasteiger partial charge in [-0.3, -0.25) is 0 Å². The van der Waals surface area contributed by atoms with Crippen molar-refractivity contribution in [1.82, 2.24) is 19.9 Å². The van der Waals surface area contributed by atoms with Crippen LogP contribution in [0.2, 0.25) is 0 Å². The van der Waals surface area contributed by atoms with Gasteiger partial charge in [-0.2, -0.15) is 0 Å². The molecule has 7 heteroatoms. The number of benzene rings is 2. The van der Waals surface area contributed by atoms with E-state index >= 15 is 0 Å². The first-order valence-electron chi connectivity index (χ1n) is 9.92. The molecule has 5 aromatic rings. The van der Waals surface area contributed by atoms with Gasteiger partial charge in [0.05, 0.1) is 18.0 Å². The first kappa shape index (κ1) is 19.0. The quantitative estimate of drug-likeness (QED) is 0.318. The van der Waals surface area contributed by atoms with Gasteiger partial charge in [0, 0.05) is 46.1 Å². The Labute approximate surface area is 177 Å². The molecule has 5 rings (SSSR count). The van der Waals surface area contributed by atoms with Crippen LogP contribution in [0.5, 0.6) is 0 Å². The number of halogens is 1. The van der Waals surface area contributed by atoms with Crippen molar-refractivity contribution < 1.29 is 9.50 Å². The summed E-state index contributed by atoms with van der Waals surface area (Å²) in [5.74, 6) is 0.355. The average Bonchev–Trinajstić information content (AvgIpc) is 3.39. The Balaban J connectivity index is 1.69. The first-order chi connectivity index (χ1) is 15.1. The zero-order chi connectivity index (χ0) is 21.4. The van der Waals surface area contributed by atoms with Gasteiger partial charge >= 0.3 is 0 Å². The van der Waals surface area contributed by atoms with Gasteiger partial charge in [-0.05, 0) is 48.5 Å². The maximum absolute atomic E-state index is 13.5. The van der Waals surface area contributed by atoms with E-state index in [4.69, 9.17) is 5.73 Å². The zero-order valence-corrected chi connectivity index (χ0v) is 16.6. The largest absolute Gasteiger partial charge is 0.399 e. The number of H-pyrrole nitrogens is 2. The molecular weight excluding hydrogens is 393 g/mol. The molecule has 154 valence electrons. The van der Waals surface area contributed by atoms with E-state index in [0.717, 1.165) is 39.1 Å². The summed E-state index contributed by atoms with van der Waals surface area (Å²) in [6.07, 6.45) is 2.13. The number of aliphatic hydroxyl groups excluding tert-OH is 1. The van der Waals surface area contributed by atoms with E-state index in [9.17, 15) is 9.50 Å². The number of anilines is 1. The third-order valence-corrected chi connectivity index (χ3v) is 5.22. The van der Waals surface area contributed by atoms with E-state index in [-0.39, 0.29) is 12.4 Å². The Morgan fingerprint density at radius 1 is 0.968 bits per heavy atom. The number of aromatic amines is 2. The predicted molar refractivity (Wildman–Crippen MR) is 120 cm³/mol. The number of rotatable bonds is 5. The van der Waals surface area contributed by atoms with Gasteiger partial charge < -0.3 is 20.8 Å². The summed E-state index contributed by atoms with van der Waals surface area (Å²) in [6.45, 7) is -0.0225. The lowest BCUT2D eigenvalue weighted by Crippen LogP contribution is -1.92. The van der Waals surface area contributed by atoms with Gasteiger partial charge in [0.1, 0.15) is 17.3 Å². The number of hydrogen-bond donors (Lipinski definition) is 4. The summed E-state index contributed by atoms with van der Waals surface area (Å²) in [5, 5.41) is 10.3. The van der Waals surface area contributed by atoms with Crippen LogP contribution in [0.25, 0.3) is 44.8 Å². The Morgan fingerprint density at radius 3 is 2.58 bits per heavy atom. The number of nitrogens with two attached hydrogens (primary N) is 1. The highest BCUT2D eigenvalue weighted by molar-refractivity contribution is 5.98. The van der Waals surface area contributed by atoms with E-state index in [2.05, 4.69) is 19.9 Å². The molecule has 5 N–H and O–H groups in total. The standard InChI is InChI=1S/C24H20FN5O/c25-16-6-4-14(5-7-16)22-23(30-21(29-22)9-11-31)18-8-10-27-24-19(18)13-20(28-24)15-2-1-3-17(26)12-15/h1-8,10,12-13,31H,9,11,26H2,(H,27,28)(H,29,30). The molecule has 0 saturated heterocycles. The predicted octanol–water partition coefficient (Wildman–Crippen LogP) is 4.54. The number of nitrogens with zero attached hydrogens (tertiary/aromatic N) is 2. The molecule has 0 radical (unpaired) electrons. The number of imidazole rings is 1. The normalized spacial score (nSPS) is 11.3. The summed E-state index contributed by atoms with van der Waals surface area (Å²) in [6, 6.07) is 17.8. The minimum atomic E-state index is -0.305. The van der Waals surface area contributed by atoms with Crippen LogP contribution in [0.15, 0.2) is 66.9 Å². The average molecular weight is 413 g/mol. The fraction of sp³-hybridized carbons (Fsp3) is 0.0833. The van der Waals surface area contributed by atoms with Crippen LogP contribution in [0.3, 0.4) is 0 Å². The minimum Gasteiger partial charge on any atom is -0.399 e. The number of nitrogens with one attached hydrogen (secondary N) is 2. The summed E-state index contributed by atoms with van der Waals surface area (Å²) in [4.78, 5) is 15.9. The maximum atomic E-state index is 13.5. The van der Waals surface area contributed by atoms with Gasteiger partial charge in [-0.1, -0.05) is 12.1 Å². The van der Waals surface area contributed by atoms with Crippen molar-refractivity contribution in [3.05, 3.63) is 78.5 Å². The molecule has 0 bridgehead atoms. The first-order valence-corrected chi connectivity index (χ1v) is 9.92. The van der Waals surface area contributed by atoms with E-state index in [1.54, 1.807) is 18.3 Å². The minimum absolute atomic E-state index is 0.0225. The summed E-state index contributed by atoms with van der Waals surface area (Å²) < 4.78 is 13.5. The number of aromatic nitrogens is 4. The van der Waals surface area contributed by atoms with Crippen molar-refractivity contribution in [3.8, 4) is 33.8 Å². The van der Waals surface area contributed by atoms with Crippen molar-refractivity contribution in [1.29, 1.82) is 0 Å². The molecule has 31 heavy (non-hydrogen) atoms. The van der Waals surface area contributed by atoms with E-state index in [1.165, 1.54) is 12.1 Å². The second-order valence-electron chi connectivity index (χ2n) is 7.32. The summed E-state index contributed by atoms with van der Waals surface area (Å²) in [5.41, 5.74) is 12.4. The molecule has 0 aliphatic carbocycles. The monoisotopic (exact) mass is 413 g/mol. The Kier molecular flexibility index (Phi) is 4.72. The summed E-state index contributed by atoms with van der Waals surface area (Å²) in [7, 11) is 0. The SMILES string of the molecule is Nc1cccc(-c2cc3c(-c4[nH]c(CCO)nc4-c4ccc(F)cc4)ccnc3[nH]2)c1. The Bertz CT molecular complexity index is 1370. The van der Waals surface area contributed by atoms with Crippen molar-refractivity contribution in [2.75, 3.05) is 12.3 Å². The molecule has 3 aromatic heterocycles. The lowest BCUT2D eigenvalue weighted by Gasteiger charge is -2.05. The molecule has 0 spiro atoms. The van der Waals surface area contributed by atoms with Crippen molar-refractivity contribution in [2.24, 2.45) is 0 Å². The van der Waals surface area contributed by atoms with Crippen LogP contribution < -0.4 is 5.73 Å². The Morgan fingerprint density at radius 2 is 1.81 bits per heavy atom. The molecule has 0 fully saturated rings. The van der Waals surface area contributed by atoms with E-state index < -0.39 is 0 Å². The van der Waals surface area contributed by atoms with Crippen LogP contribution in [-0.4, -0.2) is 31.6 Å². The molecule has 0 atom stereocenters. The lowest BCUT2D eigenvalue weighted by molar-refractivity contribution is 0.297. The number of nitrogen functional groups attached to an aromatic ring is 1. The number of pyridine rings is 1. The smallest absolute Gasteiger partial charge is 0.138 e. The van der Waals surface area contributed by atoms with Crippen molar-refractivity contribution >= 4 is 16.7 Å². The molecule has 0 aliphatic heterocycles. The highest BCUT2D eigenvalue weighted by atomic mass is 19.1.